The molecule has 2 aromatic rings. The minimum absolute atomic E-state index is 0.0748. The number of aromatic amines is 1. The molecule has 2 aliphatic rings. The lowest BCUT2D eigenvalue weighted by molar-refractivity contribution is -0.122. The van der Waals surface area contributed by atoms with Gasteiger partial charge in [0, 0.05) is 29.6 Å². The number of carbonyl (C=O) groups is 2. The summed E-state index contributed by atoms with van der Waals surface area (Å²) in [7, 11) is 0. The number of nitrogens with zero attached hydrogens (tertiary/aromatic N) is 1. The Morgan fingerprint density at radius 2 is 1.81 bits per heavy atom. The fourth-order valence-corrected chi connectivity index (χ4v) is 4.68. The zero-order chi connectivity index (χ0) is 21.8. The first-order chi connectivity index (χ1) is 15.0. The van der Waals surface area contributed by atoms with Crippen molar-refractivity contribution in [2.24, 2.45) is 5.92 Å². The molecular formula is C25H34N4O2. The third-order valence-electron chi connectivity index (χ3n) is 6.78. The fraction of sp³-hybridized carbons (Fsp3) is 0.560. The van der Waals surface area contributed by atoms with Crippen LogP contribution < -0.4 is 10.6 Å². The van der Waals surface area contributed by atoms with E-state index in [2.05, 4.69) is 46.8 Å². The summed E-state index contributed by atoms with van der Waals surface area (Å²) in [6.45, 7) is 4.34. The van der Waals surface area contributed by atoms with Gasteiger partial charge in [-0.15, -0.1) is 0 Å². The maximum Gasteiger partial charge on any atom is 0.228 e. The van der Waals surface area contributed by atoms with Gasteiger partial charge in [-0.1, -0.05) is 57.4 Å². The van der Waals surface area contributed by atoms with Crippen LogP contribution in [-0.4, -0.2) is 28.1 Å². The lowest BCUT2D eigenvalue weighted by Gasteiger charge is -2.35. The number of aromatic nitrogens is 2. The van der Waals surface area contributed by atoms with Crippen LogP contribution in [0.4, 0.5) is 5.82 Å². The number of benzene rings is 1. The highest BCUT2D eigenvalue weighted by atomic mass is 16.2. The zero-order valence-electron chi connectivity index (χ0n) is 18.6. The Hall–Kier alpha value is -2.63. The maximum atomic E-state index is 12.4. The van der Waals surface area contributed by atoms with Crippen LogP contribution in [-0.2, 0) is 16.0 Å². The fourth-order valence-electron chi connectivity index (χ4n) is 4.68. The van der Waals surface area contributed by atoms with E-state index in [9.17, 15) is 9.59 Å². The third kappa shape index (κ3) is 5.54. The van der Waals surface area contributed by atoms with Crippen molar-refractivity contribution >= 4 is 17.6 Å². The molecule has 0 unspecified atom stereocenters. The minimum atomic E-state index is 0.0748. The Morgan fingerprint density at radius 3 is 2.48 bits per heavy atom. The topological polar surface area (TPSA) is 86.9 Å². The van der Waals surface area contributed by atoms with Gasteiger partial charge in [-0.2, -0.15) is 5.10 Å². The average Bonchev–Trinajstić information content (AvgIpc) is 3.19. The van der Waals surface area contributed by atoms with Crippen LogP contribution in [0.5, 0.6) is 0 Å². The van der Waals surface area contributed by atoms with Crippen molar-refractivity contribution in [3.8, 4) is 0 Å². The molecule has 31 heavy (non-hydrogen) atoms. The number of hydrogen-bond donors (Lipinski definition) is 3. The van der Waals surface area contributed by atoms with Crippen molar-refractivity contribution in [3.63, 3.8) is 0 Å². The summed E-state index contributed by atoms with van der Waals surface area (Å²) in [4.78, 5) is 24.8. The summed E-state index contributed by atoms with van der Waals surface area (Å²) in [5, 5.41) is 13.4. The van der Waals surface area contributed by atoms with E-state index in [1.807, 2.05) is 18.2 Å². The molecule has 1 aromatic carbocycles. The van der Waals surface area contributed by atoms with Gasteiger partial charge in [0.2, 0.25) is 11.8 Å². The van der Waals surface area contributed by atoms with E-state index < -0.39 is 0 Å². The molecule has 2 saturated carbocycles. The largest absolute Gasteiger partial charge is 0.353 e. The van der Waals surface area contributed by atoms with Crippen molar-refractivity contribution in [2.75, 3.05) is 5.32 Å². The first kappa shape index (κ1) is 21.6. The van der Waals surface area contributed by atoms with Crippen LogP contribution in [0.25, 0.3) is 0 Å². The Labute approximate surface area is 184 Å². The number of nitrogens with one attached hydrogen (secondary N) is 3. The number of hydrogen-bond acceptors (Lipinski definition) is 3. The predicted molar refractivity (Wildman–Crippen MR) is 122 cm³/mol. The SMILES string of the molecule is CC(C)c1ccc(CC(=O)NC2CC(c3cc(NC(=O)C4CCCCC4)n[nH]3)C2)cc1. The van der Waals surface area contributed by atoms with Gasteiger partial charge in [-0.25, -0.2) is 0 Å². The van der Waals surface area contributed by atoms with Gasteiger partial charge < -0.3 is 10.6 Å². The molecule has 0 radical (unpaired) electrons. The lowest BCUT2D eigenvalue weighted by Crippen LogP contribution is -2.44. The predicted octanol–water partition coefficient (Wildman–Crippen LogP) is 4.66. The number of anilines is 1. The van der Waals surface area contributed by atoms with Crippen molar-refractivity contribution in [1.82, 2.24) is 15.5 Å². The molecule has 1 aromatic heterocycles. The number of carbonyl (C=O) groups excluding carboxylic acids is 2. The highest BCUT2D eigenvalue weighted by Gasteiger charge is 2.33. The standard InChI is InChI=1S/C25H34N4O2/c1-16(2)18-10-8-17(9-11-18)12-24(30)26-21-13-20(14-21)22-15-23(29-28-22)27-25(31)19-6-4-3-5-7-19/h8-11,15-16,19-21H,3-7,12-14H2,1-2H3,(H,26,30)(H2,27,28,29,31). The smallest absolute Gasteiger partial charge is 0.228 e. The van der Waals surface area contributed by atoms with E-state index in [0.717, 1.165) is 49.8 Å². The van der Waals surface area contributed by atoms with Crippen LogP contribution in [0.2, 0.25) is 0 Å². The molecule has 6 nitrogen and oxygen atoms in total. The highest BCUT2D eigenvalue weighted by Crippen LogP contribution is 2.36. The number of rotatable bonds is 7. The number of H-pyrrole nitrogens is 1. The quantitative estimate of drug-likeness (QED) is 0.607. The second-order valence-electron chi connectivity index (χ2n) is 9.54. The second-order valence-corrected chi connectivity index (χ2v) is 9.54. The lowest BCUT2D eigenvalue weighted by atomic mass is 9.78. The van der Waals surface area contributed by atoms with E-state index in [-0.39, 0.29) is 23.8 Å². The molecule has 2 fully saturated rings. The van der Waals surface area contributed by atoms with E-state index >= 15 is 0 Å². The number of amides is 2. The van der Waals surface area contributed by atoms with E-state index in [4.69, 9.17) is 0 Å². The molecule has 0 saturated heterocycles. The van der Waals surface area contributed by atoms with Gasteiger partial charge in [0.15, 0.2) is 5.82 Å². The van der Waals surface area contributed by atoms with E-state index in [1.165, 1.54) is 12.0 Å². The first-order valence-electron chi connectivity index (χ1n) is 11.7. The summed E-state index contributed by atoms with van der Waals surface area (Å²) in [5.41, 5.74) is 3.37. The molecular weight excluding hydrogens is 388 g/mol. The van der Waals surface area contributed by atoms with Crippen molar-refractivity contribution in [3.05, 3.63) is 47.2 Å². The van der Waals surface area contributed by atoms with E-state index in [0.29, 0.717) is 24.1 Å². The van der Waals surface area contributed by atoms with Gasteiger partial charge in [-0.3, -0.25) is 14.7 Å². The van der Waals surface area contributed by atoms with Crippen LogP contribution >= 0.6 is 0 Å². The molecule has 0 aliphatic heterocycles. The van der Waals surface area contributed by atoms with Crippen LogP contribution in [0.1, 0.15) is 87.4 Å². The first-order valence-corrected chi connectivity index (χ1v) is 11.7. The zero-order valence-corrected chi connectivity index (χ0v) is 18.6. The van der Waals surface area contributed by atoms with Crippen molar-refractivity contribution < 1.29 is 9.59 Å². The van der Waals surface area contributed by atoms with Gasteiger partial charge in [0.1, 0.15) is 0 Å². The van der Waals surface area contributed by atoms with Gasteiger partial charge in [0.25, 0.3) is 0 Å². The van der Waals surface area contributed by atoms with E-state index in [1.54, 1.807) is 0 Å². The normalized spacial score (nSPS) is 21.5. The monoisotopic (exact) mass is 422 g/mol. The molecule has 6 heteroatoms. The van der Waals surface area contributed by atoms with Crippen LogP contribution in [0.3, 0.4) is 0 Å². The Morgan fingerprint density at radius 1 is 1.10 bits per heavy atom. The molecule has 0 atom stereocenters. The molecule has 2 aliphatic carbocycles. The van der Waals surface area contributed by atoms with Crippen LogP contribution in [0.15, 0.2) is 30.3 Å². The Bertz CT molecular complexity index is 891. The van der Waals surface area contributed by atoms with Gasteiger partial charge in [-0.05, 0) is 42.7 Å². The summed E-state index contributed by atoms with van der Waals surface area (Å²) in [5.74, 6) is 1.76. The molecule has 0 bridgehead atoms. The third-order valence-corrected chi connectivity index (χ3v) is 6.78. The van der Waals surface area contributed by atoms with Crippen molar-refractivity contribution in [1.29, 1.82) is 0 Å². The van der Waals surface area contributed by atoms with Crippen LogP contribution in [0, 0.1) is 5.92 Å². The highest BCUT2D eigenvalue weighted by molar-refractivity contribution is 5.91. The molecule has 1 heterocycles. The Kier molecular flexibility index (Phi) is 6.73. The maximum absolute atomic E-state index is 12.4. The molecule has 2 amide bonds. The molecule has 4 rings (SSSR count). The average molecular weight is 423 g/mol. The minimum Gasteiger partial charge on any atom is -0.353 e. The summed E-state index contributed by atoms with van der Waals surface area (Å²) >= 11 is 0. The van der Waals surface area contributed by atoms with Gasteiger partial charge >= 0.3 is 0 Å². The van der Waals surface area contributed by atoms with Crippen molar-refractivity contribution in [2.45, 2.75) is 83.1 Å². The summed E-state index contributed by atoms with van der Waals surface area (Å²) < 4.78 is 0. The molecule has 0 spiro atoms. The molecule has 3 N–H and O–H groups in total. The Balaban J connectivity index is 1.20. The summed E-state index contributed by atoms with van der Waals surface area (Å²) in [6, 6.07) is 10.5. The summed E-state index contributed by atoms with van der Waals surface area (Å²) in [6.07, 6.45) is 7.70. The molecule has 166 valence electrons. The second kappa shape index (κ2) is 9.67. The van der Waals surface area contributed by atoms with Gasteiger partial charge in [0.05, 0.1) is 6.42 Å².